The Bertz CT molecular complexity index is 392. The molecule has 6 heteroatoms. The van der Waals surface area contributed by atoms with Gasteiger partial charge in [0.15, 0.2) is 0 Å². The third kappa shape index (κ3) is 4.86. The minimum Gasteiger partial charge on any atom is -0.478 e. The normalized spacial score (nSPS) is 9.94. The van der Waals surface area contributed by atoms with Gasteiger partial charge in [-0.15, -0.1) is 0 Å². The number of carbonyl (C=O) groups excluding carboxylic acids is 1. The number of hydrogen-bond acceptors (Lipinski definition) is 4. The summed E-state index contributed by atoms with van der Waals surface area (Å²) < 4.78 is 0. The lowest BCUT2D eigenvalue weighted by Crippen LogP contribution is -2.25. The van der Waals surface area contributed by atoms with Crippen LogP contribution in [0, 0.1) is 0 Å². The average Bonchev–Trinajstić information content (AvgIpc) is 2.34. The van der Waals surface area contributed by atoms with Gasteiger partial charge in [0.1, 0.15) is 0 Å². The van der Waals surface area contributed by atoms with Crippen molar-refractivity contribution in [2.24, 2.45) is 0 Å². The highest BCUT2D eigenvalue weighted by atomic mass is 32.2. The zero-order chi connectivity index (χ0) is 12.7. The predicted molar refractivity (Wildman–Crippen MR) is 65.2 cm³/mol. The monoisotopic (exact) mass is 254 g/mol. The van der Waals surface area contributed by atoms with Gasteiger partial charge >= 0.3 is 5.97 Å². The zero-order valence-corrected chi connectivity index (χ0v) is 10.3. The number of aromatic nitrogens is 1. The summed E-state index contributed by atoms with van der Waals surface area (Å²) in [6.45, 7) is 2.66. The van der Waals surface area contributed by atoms with E-state index in [0.717, 1.165) is 6.42 Å². The van der Waals surface area contributed by atoms with E-state index >= 15 is 0 Å². The molecule has 0 fully saturated rings. The van der Waals surface area contributed by atoms with E-state index in [9.17, 15) is 9.59 Å². The Kier molecular flexibility index (Phi) is 5.48. The SMILES string of the molecule is CCCNC(=O)CSc1ccc(C(=O)O)cn1. The molecule has 0 atom stereocenters. The molecular formula is C11H14N2O3S. The highest BCUT2D eigenvalue weighted by Gasteiger charge is 2.05. The van der Waals surface area contributed by atoms with Crippen LogP contribution in [0.15, 0.2) is 23.4 Å². The highest BCUT2D eigenvalue weighted by Crippen LogP contribution is 2.14. The maximum absolute atomic E-state index is 11.3. The molecule has 0 unspecified atom stereocenters. The summed E-state index contributed by atoms with van der Waals surface area (Å²) >= 11 is 1.28. The van der Waals surface area contributed by atoms with Crippen molar-refractivity contribution in [3.8, 4) is 0 Å². The second-order valence-corrected chi connectivity index (χ2v) is 4.32. The maximum atomic E-state index is 11.3. The molecule has 0 bridgehead atoms. The summed E-state index contributed by atoms with van der Waals surface area (Å²) in [6, 6.07) is 3.07. The van der Waals surface area contributed by atoms with Crippen LogP contribution >= 0.6 is 11.8 Å². The number of nitrogens with one attached hydrogen (secondary N) is 1. The smallest absolute Gasteiger partial charge is 0.337 e. The molecule has 1 aromatic rings. The summed E-state index contributed by atoms with van der Waals surface area (Å²) in [7, 11) is 0. The van der Waals surface area contributed by atoms with Crippen molar-refractivity contribution in [3.05, 3.63) is 23.9 Å². The first-order chi connectivity index (χ1) is 8.13. The second-order valence-electron chi connectivity index (χ2n) is 3.33. The first-order valence-corrected chi connectivity index (χ1v) is 6.21. The molecule has 1 rings (SSSR count). The molecule has 1 amide bonds. The lowest BCUT2D eigenvalue weighted by Gasteiger charge is -2.03. The van der Waals surface area contributed by atoms with Crippen LogP contribution in [-0.4, -0.2) is 34.3 Å². The first kappa shape index (κ1) is 13.5. The average molecular weight is 254 g/mol. The van der Waals surface area contributed by atoms with Crippen LogP contribution in [-0.2, 0) is 4.79 Å². The largest absolute Gasteiger partial charge is 0.478 e. The number of aromatic carboxylic acids is 1. The van der Waals surface area contributed by atoms with Gasteiger partial charge in [-0.25, -0.2) is 9.78 Å². The van der Waals surface area contributed by atoms with E-state index < -0.39 is 5.97 Å². The number of amides is 1. The van der Waals surface area contributed by atoms with E-state index in [2.05, 4.69) is 10.3 Å². The minimum atomic E-state index is -1.00. The van der Waals surface area contributed by atoms with Gasteiger partial charge in [-0.3, -0.25) is 4.79 Å². The van der Waals surface area contributed by atoms with E-state index in [-0.39, 0.29) is 11.5 Å². The number of carboxylic acid groups (broad SMARTS) is 1. The molecule has 92 valence electrons. The minimum absolute atomic E-state index is 0.0408. The third-order valence-corrected chi connectivity index (χ3v) is 2.85. The van der Waals surface area contributed by atoms with Crippen LogP contribution in [0.5, 0.6) is 0 Å². The van der Waals surface area contributed by atoms with Gasteiger partial charge in [0.25, 0.3) is 0 Å². The molecule has 2 N–H and O–H groups in total. The summed E-state index contributed by atoms with van der Waals surface area (Å²) in [5.41, 5.74) is 0.143. The summed E-state index contributed by atoms with van der Waals surface area (Å²) in [4.78, 5) is 25.8. The molecule has 0 aliphatic rings. The van der Waals surface area contributed by atoms with Gasteiger partial charge in [-0.2, -0.15) is 0 Å². The topological polar surface area (TPSA) is 79.3 Å². The summed E-state index contributed by atoms with van der Waals surface area (Å²) in [5.74, 6) is -0.755. The third-order valence-electron chi connectivity index (χ3n) is 1.91. The highest BCUT2D eigenvalue weighted by molar-refractivity contribution is 7.99. The van der Waals surface area contributed by atoms with Crippen molar-refractivity contribution in [2.45, 2.75) is 18.4 Å². The lowest BCUT2D eigenvalue weighted by atomic mass is 10.3. The van der Waals surface area contributed by atoms with Crippen molar-refractivity contribution < 1.29 is 14.7 Å². The summed E-state index contributed by atoms with van der Waals surface area (Å²) in [5, 5.41) is 12.1. The molecule has 1 heterocycles. The van der Waals surface area contributed by atoms with E-state index in [1.165, 1.54) is 24.0 Å². The molecule has 0 aliphatic heterocycles. The lowest BCUT2D eigenvalue weighted by molar-refractivity contribution is -0.118. The Labute approximate surface area is 104 Å². The number of carbonyl (C=O) groups is 2. The molecule has 0 radical (unpaired) electrons. The number of thioether (sulfide) groups is 1. The van der Waals surface area contributed by atoms with Gasteiger partial charge in [0, 0.05) is 12.7 Å². The van der Waals surface area contributed by atoms with Gasteiger partial charge in [0.05, 0.1) is 16.3 Å². The molecular weight excluding hydrogens is 240 g/mol. The van der Waals surface area contributed by atoms with Crippen molar-refractivity contribution >= 4 is 23.6 Å². The van der Waals surface area contributed by atoms with Crippen LogP contribution < -0.4 is 5.32 Å². The maximum Gasteiger partial charge on any atom is 0.337 e. The zero-order valence-electron chi connectivity index (χ0n) is 9.47. The number of nitrogens with zero attached hydrogens (tertiary/aromatic N) is 1. The van der Waals surface area contributed by atoms with E-state index in [1.54, 1.807) is 6.07 Å². The molecule has 17 heavy (non-hydrogen) atoms. The van der Waals surface area contributed by atoms with Gasteiger partial charge in [-0.1, -0.05) is 18.7 Å². The Morgan fingerprint density at radius 1 is 1.47 bits per heavy atom. The second kappa shape index (κ2) is 6.90. The fourth-order valence-corrected chi connectivity index (χ4v) is 1.72. The van der Waals surface area contributed by atoms with Crippen molar-refractivity contribution in [2.75, 3.05) is 12.3 Å². The quantitative estimate of drug-likeness (QED) is 0.750. The van der Waals surface area contributed by atoms with Crippen LogP contribution in [0.4, 0.5) is 0 Å². The van der Waals surface area contributed by atoms with Crippen LogP contribution in [0.3, 0.4) is 0 Å². The van der Waals surface area contributed by atoms with E-state index in [0.29, 0.717) is 17.3 Å². The van der Waals surface area contributed by atoms with Gasteiger partial charge in [-0.05, 0) is 18.6 Å². The van der Waals surface area contributed by atoms with Crippen molar-refractivity contribution in [1.29, 1.82) is 0 Å². The first-order valence-electron chi connectivity index (χ1n) is 5.22. The fourth-order valence-electron chi connectivity index (χ4n) is 1.05. The molecule has 1 aromatic heterocycles. The molecule has 0 aliphatic carbocycles. The van der Waals surface area contributed by atoms with Crippen LogP contribution in [0.1, 0.15) is 23.7 Å². The van der Waals surface area contributed by atoms with Crippen LogP contribution in [0.25, 0.3) is 0 Å². The molecule has 0 spiro atoms. The Morgan fingerprint density at radius 2 is 2.24 bits per heavy atom. The molecule has 0 aromatic carbocycles. The van der Waals surface area contributed by atoms with E-state index in [4.69, 9.17) is 5.11 Å². The van der Waals surface area contributed by atoms with Crippen molar-refractivity contribution in [3.63, 3.8) is 0 Å². The Morgan fingerprint density at radius 3 is 2.76 bits per heavy atom. The fraction of sp³-hybridized carbons (Fsp3) is 0.364. The molecule has 0 saturated carbocycles. The molecule has 5 nitrogen and oxygen atoms in total. The van der Waals surface area contributed by atoms with Crippen LogP contribution in [0.2, 0.25) is 0 Å². The number of pyridine rings is 1. The molecule has 0 saturated heterocycles. The number of carboxylic acids is 1. The Balaban J connectivity index is 2.42. The summed E-state index contributed by atoms with van der Waals surface area (Å²) in [6.07, 6.45) is 2.19. The van der Waals surface area contributed by atoms with Crippen molar-refractivity contribution in [1.82, 2.24) is 10.3 Å². The number of hydrogen-bond donors (Lipinski definition) is 2. The van der Waals surface area contributed by atoms with Gasteiger partial charge < -0.3 is 10.4 Å². The number of rotatable bonds is 6. The Hall–Kier alpha value is -1.56. The van der Waals surface area contributed by atoms with E-state index in [1.807, 2.05) is 6.92 Å². The standard InChI is InChI=1S/C11H14N2O3S/c1-2-5-12-9(14)7-17-10-4-3-8(6-13-10)11(15)16/h3-4,6H,2,5,7H2,1H3,(H,12,14)(H,15,16). The predicted octanol–water partition coefficient (Wildman–Crippen LogP) is 1.40. The van der Waals surface area contributed by atoms with Gasteiger partial charge in [0.2, 0.25) is 5.91 Å².